The number of benzene rings is 2. The van der Waals surface area contributed by atoms with E-state index in [1.165, 1.54) is 12.8 Å². The number of carbonyl (C=O) groups is 2. The maximum atomic E-state index is 13.6. The zero-order valence-electron chi connectivity index (χ0n) is 20.9. The molecule has 188 valence electrons. The number of hydrogen-bond acceptors (Lipinski definition) is 5. The van der Waals surface area contributed by atoms with Gasteiger partial charge in [-0.15, -0.1) is 0 Å². The van der Waals surface area contributed by atoms with Gasteiger partial charge in [-0.05, 0) is 56.5 Å². The molecule has 2 N–H and O–H groups in total. The molecule has 2 aromatic carbocycles. The summed E-state index contributed by atoms with van der Waals surface area (Å²) >= 11 is 0. The second kappa shape index (κ2) is 11.2. The number of ether oxygens (including phenoxy) is 1. The summed E-state index contributed by atoms with van der Waals surface area (Å²) in [6.45, 7) is 6.15. The van der Waals surface area contributed by atoms with Gasteiger partial charge in [0.15, 0.2) is 0 Å². The van der Waals surface area contributed by atoms with E-state index in [0.29, 0.717) is 23.5 Å². The van der Waals surface area contributed by atoms with Crippen LogP contribution in [0.1, 0.15) is 42.6 Å². The number of fused-ring (bicyclic) bond motifs is 1. The first-order chi connectivity index (χ1) is 16.8. The van der Waals surface area contributed by atoms with Crippen molar-refractivity contribution < 1.29 is 19.4 Å². The van der Waals surface area contributed by atoms with E-state index >= 15 is 0 Å². The molecule has 7 nitrogen and oxygen atoms in total. The van der Waals surface area contributed by atoms with Crippen LogP contribution in [0.2, 0.25) is 0 Å². The predicted molar refractivity (Wildman–Crippen MR) is 137 cm³/mol. The van der Waals surface area contributed by atoms with Gasteiger partial charge in [-0.2, -0.15) is 0 Å². The first kappa shape index (κ1) is 25.2. The van der Waals surface area contributed by atoms with Crippen molar-refractivity contribution in [3.63, 3.8) is 0 Å². The molecule has 1 aliphatic heterocycles. The maximum absolute atomic E-state index is 13.6. The minimum atomic E-state index is -0.322. The fraction of sp³-hybridized carbons (Fsp3) is 0.500. The molecule has 2 aliphatic rings. The topological polar surface area (TPSA) is 82.1 Å². The first-order valence-electron chi connectivity index (χ1n) is 12.6. The minimum absolute atomic E-state index is 0.0907. The van der Waals surface area contributed by atoms with Gasteiger partial charge in [0.05, 0.1) is 24.6 Å². The second-order valence-corrected chi connectivity index (χ2v) is 10.2. The third-order valence-corrected chi connectivity index (χ3v) is 6.91. The molecule has 0 spiro atoms. The minimum Gasteiger partial charge on any atom is -0.488 e. The van der Waals surface area contributed by atoms with Crippen molar-refractivity contribution in [2.24, 2.45) is 11.8 Å². The zero-order valence-corrected chi connectivity index (χ0v) is 20.9. The summed E-state index contributed by atoms with van der Waals surface area (Å²) in [6, 6.07) is 14.5. The van der Waals surface area contributed by atoms with Crippen LogP contribution in [-0.2, 0) is 11.2 Å². The fourth-order valence-electron chi connectivity index (χ4n) is 4.63. The Kier molecular flexibility index (Phi) is 8.08. The predicted octanol–water partition coefficient (Wildman–Crippen LogP) is 3.43. The van der Waals surface area contributed by atoms with Gasteiger partial charge >= 0.3 is 0 Å². The molecule has 1 fully saturated rings. The van der Waals surface area contributed by atoms with Crippen molar-refractivity contribution in [1.82, 2.24) is 9.80 Å². The van der Waals surface area contributed by atoms with Crippen molar-refractivity contribution in [2.45, 2.75) is 45.3 Å². The Morgan fingerprint density at radius 1 is 1.20 bits per heavy atom. The number of aliphatic hydroxyl groups excluding tert-OH is 1. The van der Waals surface area contributed by atoms with E-state index in [4.69, 9.17) is 4.74 Å². The number of carbonyl (C=O) groups excluding carboxylic acids is 2. The SMILES string of the molecule is C[C@@H]1CN([C@H](C)CO)C(=O)c2cc(NC(=O)Cc3ccccc3)ccc2O[C@@H]1CN(C)CC1CC1. The lowest BCUT2D eigenvalue weighted by Gasteiger charge is -2.38. The number of rotatable bonds is 9. The molecule has 4 rings (SSSR count). The van der Waals surface area contributed by atoms with Gasteiger partial charge in [-0.3, -0.25) is 9.59 Å². The van der Waals surface area contributed by atoms with E-state index in [9.17, 15) is 14.7 Å². The lowest BCUT2D eigenvalue weighted by atomic mass is 9.99. The molecule has 0 aromatic heterocycles. The highest BCUT2D eigenvalue weighted by atomic mass is 16.5. The van der Waals surface area contributed by atoms with Crippen LogP contribution in [0.4, 0.5) is 5.69 Å². The summed E-state index contributed by atoms with van der Waals surface area (Å²) in [5, 5.41) is 12.8. The third kappa shape index (κ3) is 6.61. The largest absolute Gasteiger partial charge is 0.488 e. The monoisotopic (exact) mass is 479 g/mol. The Morgan fingerprint density at radius 3 is 2.63 bits per heavy atom. The maximum Gasteiger partial charge on any atom is 0.258 e. The third-order valence-electron chi connectivity index (χ3n) is 6.91. The highest BCUT2D eigenvalue weighted by Gasteiger charge is 2.34. The van der Waals surface area contributed by atoms with Crippen LogP contribution in [0, 0.1) is 11.8 Å². The molecule has 1 saturated carbocycles. The molecule has 35 heavy (non-hydrogen) atoms. The van der Waals surface area contributed by atoms with Gasteiger partial charge in [-0.1, -0.05) is 37.3 Å². The van der Waals surface area contributed by atoms with Gasteiger partial charge in [0, 0.05) is 31.2 Å². The van der Waals surface area contributed by atoms with E-state index in [2.05, 4.69) is 24.2 Å². The van der Waals surface area contributed by atoms with E-state index in [1.54, 1.807) is 23.1 Å². The zero-order chi connectivity index (χ0) is 24.9. The summed E-state index contributed by atoms with van der Waals surface area (Å²) in [4.78, 5) is 30.2. The van der Waals surface area contributed by atoms with Gasteiger partial charge in [-0.25, -0.2) is 0 Å². The average molecular weight is 480 g/mol. The Hall–Kier alpha value is -2.90. The van der Waals surface area contributed by atoms with Crippen molar-refractivity contribution in [3.05, 3.63) is 59.7 Å². The standard InChI is InChI=1S/C28H37N3O4/c1-19-15-31(20(2)18-32)28(34)24-14-23(29-27(33)13-21-7-5-4-6-8-21)11-12-25(24)35-26(19)17-30(3)16-22-9-10-22/h4-8,11-12,14,19-20,22,26,32H,9-10,13,15-18H2,1-3H3,(H,29,33)/t19-,20-,26-/m1/s1. The second-order valence-electron chi connectivity index (χ2n) is 10.2. The van der Waals surface area contributed by atoms with Crippen LogP contribution < -0.4 is 10.1 Å². The Labute approximate surface area is 208 Å². The van der Waals surface area contributed by atoms with Crippen LogP contribution in [0.5, 0.6) is 5.75 Å². The highest BCUT2D eigenvalue weighted by molar-refractivity contribution is 6.00. The number of anilines is 1. The summed E-state index contributed by atoms with van der Waals surface area (Å²) in [5.74, 6) is 1.04. The molecule has 1 aliphatic carbocycles. The molecule has 0 saturated heterocycles. The number of nitrogens with zero attached hydrogens (tertiary/aromatic N) is 2. The molecular weight excluding hydrogens is 442 g/mol. The van der Waals surface area contributed by atoms with Gasteiger partial charge < -0.3 is 25.0 Å². The summed E-state index contributed by atoms with van der Waals surface area (Å²) in [7, 11) is 2.12. The highest BCUT2D eigenvalue weighted by Crippen LogP contribution is 2.32. The normalized spacial score (nSPS) is 21.1. The van der Waals surface area contributed by atoms with E-state index in [0.717, 1.165) is 24.6 Å². The van der Waals surface area contributed by atoms with Crippen LogP contribution >= 0.6 is 0 Å². The molecule has 3 atom stereocenters. The molecule has 0 radical (unpaired) electrons. The van der Waals surface area contributed by atoms with Crippen molar-refractivity contribution >= 4 is 17.5 Å². The number of hydrogen-bond donors (Lipinski definition) is 2. The number of amides is 2. The molecule has 2 amide bonds. The lowest BCUT2D eigenvalue weighted by Crippen LogP contribution is -2.50. The average Bonchev–Trinajstić information content (AvgIpc) is 3.65. The molecule has 0 unspecified atom stereocenters. The Balaban J connectivity index is 1.56. The molecular formula is C28H37N3O4. The fourth-order valence-corrected chi connectivity index (χ4v) is 4.63. The number of likely N-dealkylation sites (N-methyl/N-ethyl adjacent to an activating group) is 1. The van der Waals surface area contributed by atoms with Crippen LogP contribution in [0.25, 0.3) is 0 Å². The molecule has 0 bridgehead atoms. The summed E-state index contributed by atoms with van der Waals surface area (Å²) in [5.41, 5.74) is 1.88. The summed E-state index contributed by atoms with van der Waals surface area (Å²) < 4.78 is 6.45. The van der Waals surface area contributed by atoms with Crippen LogP contribution in [-0.4, -0.2) is 72.2 Å². The summed E-state index contributed by atoms with van der Waals surface area (Å²) in [6.07, 6.45) is 2.74. The quantitative estimate of drug-likeness (QED) is 0.576. The van der Waals surface area contributed by atoms with E-state index < -0.39 is 0 Å². The smallest absolute Gasteiger partial charge is 0.258 e. The van der Waals surface area contributed by atoms with Crippen LogP contribution in [0.3, 0.4) is 0 Å². The Morgan fingerprint density at radius 2 is 1.94 bits per heavy atom. The van der Waals surface area contributed by atoms with Crippen molar-refractivity contribution in [2.75, 3.05) is 38.6 Å². The number of nitrogens with one attached hydrogen (secondary N) is 1. The van der Waals surface area contributed by atoms with E-state index in [1.807, 2.05) is 37.3 Å². The first-order valence-corrected chi connectivity index (χ1v) is 12.6. The number of aliphatic hydroxyl groups is 1. The van der Waals surface area contributed by atoms with Crippen molar-refractivity contribution in [3.8, 4) is 5.75 Å². The van der Waals surface area contributed by atoms with E-state index in [-0.39, 0.29) is 42.9 Å². The van der Waals surface area contributed by atoms with Crippen LogP contribution in [0.15, 0.2) is 48.5 Å². The van der Waals surface area contributed by atoms with Crippen molar-refractivity contribution in [1.29, 1.82) is 0 Å². The van der Waals surface area contributed by atoms with Gasteiger partial charge in [0.2, 0.25) is 5.91 Å². The molecule has 1 heterocycles. The Bertz CT molecular complexity index is 1020. The molecule has 2 aromatic rings. The lowest BCUT2D eigenvalue weighted by molar-refractivity contribution is -0.115. The molecule has 7 heteroatoms. The van der Waals surface area contributed by atoms with Gasteiger partial charge in [0.1, 0.15) is 11.9 Å². The van der Waals surface area contributed by atoms with Gasteiger partial charge in [0.25, 0.3) is 5.91 Å².